The Bertz CT molecular complexity index is 901. The lowest BCUT2D eigenvalue weighted by atomic mass is 10.1. The number of hydrogen-bond acceptors (Lipinski definition) is 5. The van der Waals surface area contributed by atoms with Gasteiger partial charge in [-0.15, -0.1) is 0 Å². The fraction of sp³-hybridized carbons (Fsp3) is 0.286. The van der Waals surface area contributed by atoms with Crippen LogP contribution in [0.2, 0.25) is 0 Å². The summed E-state index contributed by atoms with van der Waals surface area (Å²) in [6.07, 6.45) is 2.34. The molecule has 0 spiro atoms. The van der Waals surface area contributed by atoms with Gasteiger partial charge in [0.1, 0.15) is 5.75 Å². The van der Waals surface area contributed by atoms with E-state index in [4.69, 9.17) is 4.74 Å². The van der Waals surface area contributed by atoms with E-state index in [0.717, 1.165) is 12.8 Å². The van der Waals surface area contributed by atoms with Crippen LogP contribution in [0.3, 0.4) is 0 Å². The maximum absolute atomic E-state index is 12.1. The zero-order chi connectivity index (χ0) is 21.5. The lowest BCUT2D eigenvalue weighted by Gasteiger charge is -2.26. The number of carbonyl (C=O) groups excluding carboxylic acids is 3. The van der Waals surface area contributed by atoms with E-state index in [9.17, 15) is 23.2 Å². The number of anilines is 2. The van der Waals surface area contributed by atoms with E-state index < -0.39 is 25.1 Å². The van der Waals surface area contributed by atoms with Crippen molar-refractivity contribution in [3.8, 4) is 5.75 Å². The zero-order valence-electron chi connectivity index (χ0n) is 16.0. The molecular formula is C21H20F2N2O5. The first-order chi connectivity index (χ1) is 14.4. The molecule has 1 N–H and O–H groups in total. The highest BCUT2D eigenvalue weighted by Gasteiger charge is 2.20. The van der Waals surface area contributed by atoms with E-state index in [1.807, 2.05) is 0 Å². The molecule has 0 aliphatic carbocycles. The molecule has 3 rings (SSSR count). The Morgan fingerprint density at radius 3 is 2.37 bits per heavy atom. The Kier molecular flexibility index (Phi) is 6.95. The molecule has 2 amide bonds. The molecule has 0 aromatic heterocycles. The van der Waals surface area contributed by atoms with E-state index >= 15 is 0 Å². The quantitative estimate of drug-likeness (QED) is 0.695. The van der Waals surface area contributed by atoms with E-state index in [2.05, 4.69) is 10.1 Å². The second kappa shape index (κ2) is 9.82. The number of piperidine rings is 1. The average Bonchev–Trinajstić information content (AvgIpc) is 2.73. The van der Waals surface area contributed by atoms with Gasteiger partial charge in [0.25, 0.3) is 5.91 Å². The standard InChI is InChI=1S/C21H20F2N2O5/c22-21(23)30-17-10-6-15(7-11-17)24-18(26)13-29-20(28)14-4-8-16(9-5-14)25-12-2-1-3-19(25)27/h4-11,21H,1-3,12-13H2,(H,24,26). The van der Waals surface area contributed by atoms with Gasteiger partial charge < -0.3 is 19.7 Å². The predicted octanol–water partition coefficient (Wildman–Crippen LogP) is 3.60. The van der Waals surface area contributed by atoms with Crippen LogP contribution in [-0.4, -0.2) is 37.5 Å². The summed E-state index contributed by atoms with van der Waals surface area (Å²) >= 11 is 0. The van der Waals surface area contributed by atoms with Crippen molar-refractivity contribution in [3.05, 3.63) is 54.1 Å². The normalized spacial score (nSPS) is 13.8. The lowest BCUT2D eigenvalue weighted by Crippen LogP contribution is -2.35. The van der Waals surface area contributed by atoms with Crippen LogP contribution in [0, 0.1) is 0 Å². The molecule has 0 bridgehead atoms. The monoisotopic (exact) mass is 418 g/mol. The van der Waals surface area contributed by atoms with Gasteiger partial charge in [0.05, 0.1) is 5.56 Å². The van der Waals surface area contributed by atoms with Crippen LogP contribution >= 0.6 is 0 Å². The Morgan fingerprint density at radius 1 is 1.03 bits per heavy atom. The van der Waals surface area contributed by atoms with Gasteiger partial charge in [-0.05, 0) is 61.4 Å². The van der Waals surface area contributed by atoms with Crippen LogP contribution in [0.1, 0.15) is 29.6 Å². The fourth-order valence-corrected chi connectivity index (χ4v) is 2.99. The van der Waals surface area contributed by atoms with Crippen LogP contribution in [0.4, 0.5) is 20.2 Å². The lowest BCUT2D eigenvalue weighted by molar-refractivity contribution is -0.120. The van der Waals surface area contributed by atoms with Crippen LogP contribution in [0.15, 0.2) is 48.5 Å². The minimum absolute atomic E-state index is 0.0378. The summed E-state index contributed by atoms with van der Waals surface area (Å²) in [5, 5.41) is 2.48. The SMILES string of the molecule is O=C(COC(=O)c1ccc(N2CCCCC2=O)cc1)Nc1ccc(OC(F)F)cc1. The Hall–Kier alpha value is -3.49. The molecule has 9 heteroatoms. The molecule has 2 aromatic rings. The summed E-state index contributed by atoms with van der Waals surface area (Å²) in [6.45, 7) is -2.79. The number of halogens is 2. The van der Waals surface area contributed by atoms with E-state index in [-0.39, 0.29) is 17.2 Å². The van der Waals surface area contributed by atoms with Gasteiger partial charge in [-0.25, -0.2) is 4.79 Å². The highest BCUT2D eigenvalue weighted by molar-refractivity contribution is 5.97. The molecule has 1 aliphatic rings. The van der Waals surface area contributed by atoms with Crippen molar-refractivity contribution in [1.29, 1.82) is 0 Å². The largest absolute Gasteiger partial charge is 0.452 e. The topological polar surface area (TPSA) is 84.9 Å². The summed E-state index contributed by atoms with van der Waals surface area (Å²) in [4.78, 5) is 37.7. The Labute approximate surface area is 171 Å². The summed E-state index contributed by atoms with van der Waals surface area (Å²) in [5.74, 6) is -1.24. The molecule has 7 nitrogen and oxygen atoms in total. The zero-order valence-corrected chi connectivity index (χ0v) is 16.0. The van der Waals surface area contributed by atoms with Gasteiger partial charge in [-0.3, -0.25) is 9.59 Å². The number of ether oxygens (including phenoxy) is 2. The first kappa shape index (κ1) is 21.2. The minimum atomic E-state index is -2.93. The van der Waals surface area contributed by atoms with Crippen LogP contribution in [0.5, 0.6) is 5.75 Å². The smallest absolute Gasteiger partial charge is 0.387 e. The molecule has 158 valence electrons. The molecule has 2 aromatic carbocycles. The van der Waals surface area contributed by atoms with Crippen molar-refractivity contribution < 1.29 is 32.6 Å². The van der Waals surface area contributed by atoms with Crippen molar-refractivity contribution in [2.45, 2.75) is 25.9 Å². The van der Waals surface area contributed by atoms with E-state index in [1.54, 1.807) is 29.2 Å². The molecule has 1 fully saturated rings. The number of amides is 2. The number of alkyl halides is 2. The highest BCUT2D eigenvalue weighted by atomic mass is 19.3. The number of esters is 1. The van der Waals surface area contributed by atoms with Crippen LogP contribution in [0.25, 0.3) is 0 Å². The predicted molar refractivity (Wildman–Crippen MR) is 105 cm³/mol. The number of benzene rings is 2. The molecule has 0 radical (unpaired) electrons. The second-order valence-corrected chi connectivity index (χ2v) is 6.58. The van der Waals surface area contributed by atoms with Crippen molar-refractivity contribution in [3.63, 3.8) is 0 Å². The van der Waals surface area contributed by atoms with Gasteiger partial charge >= 0.3 is 12.6 Å². The second-order valence-electron chi connectivity index (χ2n) is 6.58. The molecule has 0 atom stereocenters. The van der Waals surface area contributed by atoms with Crippen LogP contribution < -0.4 is 15.0 Å². The maximum atomic E-state index is 12.1. The number of nitrogens with one attached hydrogen (secondary N) is 1. The van der Waals surface area contributed by atoms with Crippen molar-refractivity contribution >= 4 is 29.2 Å². The maximum Gasteiger partial charge on any atom is 0.387 e. The van der Waals surface area contributed by atoms with Gasteiger partial charge in [-0.1, -0.05) is 0 Å². The molecule has 0 unspecified atom stereocenters. The van der Waals surface area contributed by atoms with Gasteiger partial charge in [0.2, 0.25) is 5.91 Å². The molecule has 1 aliphatic heterocycles. The number of hydrogen-bond donors (Lipinski definition) is 1. The third-order valence-electron chi connectivity index (χ3n) is 4.44. The molecular weight excluding hydrogens is 398 g/mol. The van der Waals surface area contributed by atoms with Crippen LogP contribution in [-0.2, 0) is 14.3 Å². The number of nitrogens with zero attached hydrogens (tertiary/aromatic N) is 1. The third kappa shape index (κ3) is 5.76. The molecule has 1 saturated heterocycles. The molecule has 30 heavy (non-hydrogen) atoms. The van der Waals surface area contributed by atoms with E-state index in [1.165, 1.54) is 24.3 Å². The summed E-state index contributed by atoms with van der Waals surface area (Å²) in [6, 6.07) is 11.8. The fourth-order valence-electron chi connectivity index (χ4n) is 2.99. The van der Waals surface area contributed by atoms with Gasteiger partial charge in [0.15, 0.2) is 6.61 Å². The summed E-state index contributed by atoms with van der Waals surface area (Å²) < 4.78 is 33.5. The summed E-state index contributed by atoms with van der Waals surface area (Å²) in [7, 11) is 0. The minimum Gasteiger partial charge on any atom is -0.452 e. The summed E-state index contributed by atoms with van der Waals surface area (Å²) in [5.41, 5.74) is 1.31. The average molecular weight is 418 g/mol. The Balaban J connectivity index is 1.48. The van der Waals surface area contributed by atoms with Crippen molar-refractivity contribution in [2.24, 2.45) is 0 Å². The number of rotatable bonds is 7. The first-order valence-corrected chi connectivity index (χ1v) is 9.34. The Morgan fingerprint density at radius 2 is 1.73 bits per heavy atom. The molecule has 0 saturated carbocycles. The van der Waals surface area contributed by atoms with Crippen molar-refractivity contribution in [1.82, 2.24) is 0 Å². The van der Waals surface area contributed by atoms with Gasteiger partial charge in [0, 0.05) is 24.3 Å². The van der Waals surface area contributed by atoms with Crippen molar-refractivity contribution in [2.75, 3.05) is 23.4 Å². The van der Waals surface area contributed by atoms with E-state index in [0.29, 0.717) is 24.3 Å². The third-order valence-corrected chi connectivity index (χ3v) is 4.44. The van der Waals surface area contributed by atoms with Gasteiger partial charge in [-0.2, -0.15) is 8.78 Å². The molecule has 1 heterocycles. The highest BCUT2D eigenvalue weighted by Crippen LogP contribution is 2.21. The first-order valence-electron chi connectivity index (χ1n) is 9.34. The number of carbonyl (C=O) groups is 3.